The minimum Gasteiger partial charge on any atom is -0.506 e. The molecule has 0 aliphatic heterocycles. The number of rotatable bonds is 1. The SMILES string of the molecule is Oc1ccc(C2CCC(O)CC2)cc1Cl. The van der Waals surface area contributed by atoms with Crippen LogP contribution in [0.4, 0.5) is 0 Å². The molecule has 0 spiro atoms. The van der Waals surface area contributed by atoms with Gasteiger partial charge in [-0.3, -0.25) is 0 Å². The smallest absolute Gasteiger partial charge is 0.134 e. The molecule has 0 radical (unpaired) electrons. The number of benzene rings is 1. The fourth-order valence-electron chi connectivity index (χ4n) is 2.19. The molecule has 2 nitrogen and oxygen atoms in total. The summed E-state index contributed by atoms with van der Waals surface area (Å²) in [7, 11) is 0. The Kier molecular flexibility index (Phi) is 3.17. The van der Waals surface area contributed by atoms with Gasteiger partial charge in [0.25, 0.3) is 0 Å². The first-order valence-electron chi connectivity index (χ1n) is 5.33. The van der Waals surface area contributed by atoms with Crippen LogP contribution in [0.25, 0.3) is 0 Å². The second kappa shape index (κ2) is 4.42. The highest BCUT2D eigenvalue weighted by atomic mass is 35.5. The number of hydrogen-bond donors (Lipinski definition) is 2. The van der Waals surface area contributed by atoms with E-state index in [2.05, 4.69) is 0 Å². The molecule has 2 N–H and O–H groups in total. The number of halogens is 1. The highest BCUT2D eigenvalue weighted by molar-refractivity contribution is 6.32. The molecule has 2 rings (SSSR count). The van der Waals surface area contributed by atoms with Crippen LogP contribution in [0.2, 0.25) is 5.02 Å². The van der Waals surface area contributed by atoms with Crippen molar-refractivity contribution in [1.82, 2.24) is 0 Å². The molecule has 0 unspecified atom stereocenters. The molecule has 1 aliphatic carbocycles. The third-order valence-electron chi connectivity index (χ3n) is 3.14. The van der Waals surface area contributed by atoms with Crippen LogP contribution in [0.15, 0.2) is 18.2 Å². The molecule has 0 atom stereocenters. The minimum absolute atomic E-state index is 0.131. The third kappa shape index (κ3) is 2.44. The van der Waals surface area contributed by atoms with Gasteiger partial charge in [0.2, 0.25) is 0 Å². The maximum atomic E-state index is 9.41. The predicted octanol–water partition coefficient (Wildman–Crippen LogP) is 3.06. The van der Waals surface area contributed by atoms with Gasteiger partial charge < -0.3 is 10.2 Å². The number of aliphatic hydroxyl groups is 1. The zero-order valence-corrected chi connectivity index (χ0v) is 9.24. The Labute approximate surface area is 94.5 Å². The second-order valence-electron chi connectivity index (χ2n) is 4.22. The highest BCUT2D eigenvalue weighted by Crippen LogP contribution is 2.35. The Balaban J connectivity index is 2.12. The first-order chi connectivity index (χ1) is 7.16. The fourth-order valence-corrected chi connectivity index (χ4v) is 2.38. The van der Waals surface area contributed by atoms with E-state index in [1.807, 2.05) is 12.1 Å². The quantitative estimate of drug-likeness (QED) is 0.773. The Hall–Kier alpha value is -0.730. The zero-order chi connectivity index (χ0) is 10.8. The summed E-state index contributed by atoms with van der Waals surface area (Å²) in [5.74, 6) is 0.614. The summed E-state index contributed by atoms with van der Waals surface area (Å²) in [6, 6.07) is 5.39. The number of hydrogen-bond acceptors (Lipinski definition) is 2. The molecule has 0 heterocycles. The van der Waals surface area contributed by atoms with Crippen LogP contribution in [-0.2, 0) is 0 Å². The van der Waals surface area contributed by atoms with Gasteiger partial charge in [0, 0.05) is 0 Å². The van der Waals surface area contributed by atoms with Crippen LogP contribution >= 0.6 is 11.6 Å². The maximum absolute atomic E-state index is 9.41. The summed E-state index contributed by atoms with van der Waals surface area (Å²) < 4.78 is 0. The van der Waals surface area contributed by atoms with Crippen LogP contribution in [0.1, 0.15) is 37.2 Å². The summed E-state index contributed by atoms with van der Waals surface area (Å²) >= 11 is 5.86. The van der Waals surface area contributed by atoms with E-state index < -0.39 is 0 Å². The summed E-state index contributed by atoms with van der Waals surface area (Å²) in [5.41, 5.74) is 1.17. The molecule has 0 aromatic heterocycles. The number of aliphatic hydroxyl groups excluding tert-OH is 1. The number of aromatic hydroxyl groups is 1. The average molecular weight is 227 g/mol. The van der Waals surface area contributed by atoms with Gasteiger partial charge >= 0.3 is 0 Å². The Morgan fingerprint density at radius 2 is 1.80 bits per heavy atom. The molecule has 1 fully saturated rings. The minimum atomic E-state index is -0.131. The molecule has 1 aromatic rings. The van der Waals surface area contributed by atoms with Gasteiger partial charge in [0.05, 0.1) is 11.1 Å². The van der Waals surface area contributed by atoms with Gasteiger partial charge in [0.15, 0.2) is 0 Å². The summed E-state index contributed by atoms with van der Waals surface area (Å²) in [6.07, 6.45) is 3.60. The van der Waals surface area contributed by atoms with Gasteiger partial charge in [-0.2, -0.15) is 0 Å². The topological polar surface area (TPSA) is 40.5 Å². The van der Waals surface area contributed by atoms with Crippen LogP contribution < -0.4 is 0 Å². The van der Waals surface area contributed by atoms with Crippen LogP contribution in [0.3, 0.4) is 0 Å². The lowest BCUT2D eigenvalue weighted by Crippen LogP contribution is -2.16. The van der Waals surface area contributed by atoms with Crippen molar-refractivity contribution in [1.29, 1.82) is 0 Å². The summed E-state index contributed by atoms with van der Waals surface area (Å²) in [4.78, 5) is 0. The van der Waals surface area contributed by atoms with E-state index in [4.69, 9.17) is 11.6 Å². The summed E-state index contributed by atoms with van der Waals surface area (Å²) in [5, 5.41) is 19.1. The fraction of sp³-hybridized carbons (Fsp3) is 0.500. The van der Waals surface area contributed by atoms with Crippen molar-refractivity contribution in [2.75, 3.05) is 0 Å². The molecule has 0 bridgehead atoms. The van der Waals surface area contributed by atoms with E-state index in [9.17, 15) is 10.2 Å². The molecular formula is C12H15ClO2. The van der Waals surface area contributed by atoms with Crippen molar-refractivity contribution in [3.63, 3.8) is 0 Å². The molecule has 1 aliphatic rings. The van der Waals surface area contributed by atoms with Gasteiger partial charge in [-0.25, -0.2) is 0 Å². The molecule has 82 valence electrons. The van der Waals surface area contributed by atoms with Gasteiger partial charge in [0.1, 0.15) is 5.75 Å². The normalized spacial score (nSPS) is 26.5. The van der Waals surface area contributed by atoms with Gasteiger partial charge in [-0.1, -0.05) is 17.7 Å². The first kappa shape index (κ1) is 10.8. The zero-order valence-electron chi connectivity index (χ0n) is 8.49. The lowest BCUT2D eigenvalue weighted by atomic mass is 9.83. The van der Waals surface area contributed by atoms with E-state index in [1.165, 1.54) is 5.56 Å². The lowest BCUT2D eigenvalue weighted by Gasteiger charge is -2.25. The van der Waals surface area contributed by atoms with Crippen molar-refractivity contribution in [2.24, 2.45) is 0 Å². The van der Waals surface area contributed by atoms with Crippen molar-refractivity contribution < 1.29 is 10.2 Å². The molecule has 1 saturated carbocycles. The molecular weight excluding hydrogens is 212 g/mol. The Bertz CT molecular complexity index is 343. The van der Waals surface area contributed by atoms with Crippen LogP contribution in [-0.4, -0.2) is 16.3 Å². The molecule has 0 saturated heterocycles. The van der Waals surface area contributed by atoms with Crippen molar-refractivity contribution >= 4 is 11.6 Å². The first-order valence-corrected chi connectivity index (χ1v) is 5.71. The number of phenols is 1. The third-order valence-corrected chi connectivity index (χ3v) is 3.44. The van der Waals surface area contributed by atoms with E-state index in [0.717, 1.165) is 25.7 Å². The van der Waals surface area contributed by atoms with Crippen LogP contribution in [0.5, 0.6) is 5.75 Å². The lowest BCUT2D eigenvalue weighted by molar-refractivity contribution is 0.122. The summed E-state index contributed by atoms with van der Waals surface area (Å²) in [6.45, 7) is 0. The monoisotopic (exact) mass is 226 g/mol. The van der Waals surface area contributed by atoms with E-state index in [1.54, 1.807) is 6.07 Å². The van der Waals surface area contributed by atoms with E-state index in [-0.39, 0.29) is 11.9 Å². The highest BCUT2D eigenvalue weighted by Gasteiger charge is 2.21. The molecule has 0 amide bonds. The van der Waals surface area contributed by atoms with Crippen LogP contribution in [0, 0.1) is 0 Å². The average Bonchev–Trinajstić information content (AvgIpc) is 2.23. The van der Waals surface area contributed by atoms with Crippen molar-refractivity contribution in [2.45, 2.75) is 37.7 Å². The van der Waals surface area contributed by atoms with Crippen molar-refractivity contribution in [3.8, 4) is 5.75 Å². The predicted molar refractivity (Wildman–Crippen MR) is 60.3 cm³/mol. The molecule has 1 aromatic carbocycles. The van der Waals surface area contributed by atoms with Gasteiger partial charge in [-0.15, -0.1) is 0 Å². The standard InChI is InChI=1S/C12H15ClO2/c13-11-7-9(3-6-12(11)15)8-1-4-10(14)5-2-8/h3,6-8,10,14-15H,1-2,4-5H2. The van der Waals surface area contributed by atoms with Crippen molar-refractivity contribution in [3.05, 3.63) is 28.8 Å². The maximum Gasteiger partial charge on any atom is 0.134 e. The van der Waals surface area contributed by atoms with Gasteiger partial charge in [-0.05, 0) is 49.3 Å². The number of phenolic OH excluding ortho intramolecular Hbond substituents is 1. The molecule has 3 heteroatoms. The van der Waals surface area contributed by atoms with E-state index >= 15 is 0 Å². The second-order valence-corrected chi connectivity index (χ2v) is 4.62. The molecule has 15 heavy (non-hydrogen) atoms. The Morgan fingerprint density at radius 1 is 1.13 bits per heavy atom. The Morgan fingerprint density at radius 3 is 2.40 bits per heavy atom. The largest absolute Gasteiger partial charge is 0.506 e. The van der Waals surface area contributed by atoms with E-state index in [0.29, 0.717) is 10.9 Å².